The van der Waals surface area contributed by atoms with Crippen molar-refractivity contribution in [3.05, 3.63) is 0 Å². The highest BCUT2D eigenvalue weighted by Gasteiger charge is 2.45. The third-order valence-corrected chi connectivity index (χ3v) is 4.30. The van der Waals surface area contributed by atoms with Gasteiger partial charge in [-0.15, -0.1) is 0 Å². The molecule has 0 spiro atoms. The Morgan fingerprint density at radius 3 is 2.27 bits per heavy atom. The number of aliphatic hydroxyl groups excluding tert-OH is 5. The normalized spacial score (nSPS) is 29.1. The summed E-state index contributed by atoms with van der Waals surface area (Å²) in [5, 5.41) is 47.9. The predicted molar refractivity (Wildman–Crippen MR) is 90.1 cm³/mol. The number of esters is 1. The van der Waals surface area contributed by atoms with Crippen molar-refractivity contribution < 1.29 is 44.5 Å². The predicted octanol–water partition coefficient (Wildman–Crippen LogP) is -0.932. The first kappa shape index (κ1) is 23.2. The Labute approximate surface area is 153 Å². The highest BCUT2D eigenvalue weighted by atomic mass is 16.7. The van der Waals surface area contributed by atoms with E-state index in [0.29, 0.717) is 6.42 Å². The molecule has 154 valence electrons. The molecule has 1 fully saturated rings. The standard InChI is InChI=1S/C17H32O9/c1-2-3-4-5-6-7-13(20)24-10-12-14(21)15(22)16(23)17(26-12)25-11(8-18)9-19/h11-12,14-19,21-23H,2-10H2,1H3/t12-,14+,15+,16-,17-/m1/s1. The maximum absolute atomic E-state index is 11.8. The second kappa shape index (κ2) is 12.6. The number of carbonyl (C=O) groups is 1. The van der Waals surface area contributed by atoms with Crippen LogP contribution in [0.4, 0.5) is 0 Å². The van der Waals surface area contributed by atoms with Crippen molar-refractivity contribution in [1.82, 2.24) is 0 Å². The SMILES string of the molecule is CCCCCCCC(=O)OC[C@H]1O[C@@H](OC(CO)CO)[C@H](O)[C@@H](O)[C@H]1O. The van der Waals surface area contributed by atoms with E-state index in [0.717, 1.165) is 25.7 Å². The molecule has 0 bridgehead atoms. The summed E-state index contributed by atoms with van der Waals surface area (Å²) in [7, 11) is 0. The van der Waals surface area contributed by atoms with E-state index in [4.69, 9.17) is 24.4 Å². The molecule has 5 N–H and O–H groups in total. The van der Waals surface area contributed by atoms with Crippen molar-refractivity contribution >= 4 is 5.97 Å². The summed E-state index contributed by atoms with van der Waals surface area (Å²) >= 11 is 0. The average molecular weight is 380 g/mol. The van der Waals surface area contributed by atoms with Gasteiger partial charge >= 0.3 is 5.97 Å². The topological polar surface area (TPSA) is 146 Å². The van der Waals surface area contributed by atoms with Crippen molar-refractivity contribution in [3.8, 4) is 0 Å². The molecule has 0 radical (unpaired) electrons. The summed E-state index contributed by atoms with van der Waals surface area (Å²) in [5.74, 6) is -0.432. The van der Waals surface area contributed by atoms with Gasteiger partial charge in [0, 0.05) is 6.42 Å². The van der Waals surface area contributed by atoms with Gasteiger partial charge in [0.05, 0.1) is 13.2 Å². The van der Waals surface area contributed by atoms with E-state index >= 15 is 0 Å². The van der Waals surface area contributed by atoms with E-state index in [1.54, 1.807) is 0 Å². The van der Waals surface area contributed by atoms with Crippen LogP contribution in [-0.2, 0) is 19.0 Å². The molecule has 1 aliphatic rings. The quantitative estimate of drug-likeness (QED) is 0.214. The second-order valence-corrected chi connectivity index (χ2v) is 6.49. The van der Waals surface area contributed by atoms with E-state index in [1.807, 2.05) is 0 Å². The first-order valence-electron chi connectivity index (χ1n) is 9.17. The molecule has 0 aromatic heterocycles. The van der Waals surface area contributed by atoms with Gasteiger partial charge in [-0.3, -0.25) is 4.79 Å². The van der Waals surface area contributed by atoms with Gasteiger partial charge in [0.1, 0.15) is 37.1 Å². The summed E-state index contributed by atoms with van der Waals surface area (Å²) in [5.41, 5.74) is 0. The number of rotatable bonds is 12. The van der Waals surface area contributed by atoms with E-state index in [-0.39, 0.29) is 13.0 Å². The smallest absolute Gasteiger partial charge is 0.305 e. The summed E-state index contributed by atoms with van der Waals surface area (Å²) in [4.78, 5) is 11.8. The molecule has 1 saturated heterocycles. The largest absolute Gasteiger partial charge is 0.463 e. The molecule has 9 heteroatoms. The van der Waals surface area contributed by atoms with Gasteiger partial charge in [0.2, 0.25) is 0 Å². The van der Waals surface area contributed by atoms with E-state index < -0.39 is 56.0 Å². The molecule has 9 nitrogen and oxygen atoms in total. The first-order chi connectivity index (χ1) is 12.4. The van der Waals surface area contributed by atoms with Gasteiger partial charge in [0.25, 0.3) is 0 Å². The number of hydrogen-bond donors (Lipinski definition) is 5. The van der Waals surface area contributed by atoms with Crippen LogP contribution in [0.3, 0.4) is 0 Å². The Hall–Kier alpha value is -0.810. The summed E-state index contributed by atoms with van der Waals surface area (Å²) < 4.78 is 15.6. The average Bonchev–Trinajstić information content (AvgIpc) is 2.64. The third-order valence-electron chi connectivity index (χ3n) is 4.30. The van der Waals surface area contributed by atoms with Gasteiger partial charge in [0.15, 0.2) is 6.29 Å². The van der Waals surface area contributed by atoms with Crippen LogP contribution in [-0.4, -0.2) is 88.1 Å². The Balaban J connectivity index is 2.44. The first-order valence-corrected chi connectivity index (χ1v) is 9.17. The molecule has 1 aliphatic heterocycles. The van der Waals surface area contributed by atoms with Crippen molar-refractivity contribution in [2.75, 3.05) is 19.8 Å². The molecule has 5 atom stereocenters. The lowest BCUT2D eigenvalue weighted by Crippen LogP contribution is -2.60. The number of hydrogen-bond acceptors (Lipinski definition) is 9. The zero-order valence-corrected chi connectivity index (χ0v) is 15.2. The van der Waals surface area contributed by atoms with E-state index in [2.05, 4.69) is 6.92 Å². The molecule has 26 heavy (non-hydrogen) atoms. The number of aliphatic hydroxyl groups is 5. The number of unbranched alkanes of at least 4 members (excludes halogenated alkanes) is 4. The van der Waals surface area contributed by atoms with Crippen LogP contribution in [0.25, 0.3) is 0 Å². The molecule has 0 aromatic carbocycles. The van der Waals surface area contributed by atoms with Crippen LogP contribution in [0.1, 0.15) is 45.4 Å². The lowest BCUT2D eigenvalue weighted by Gasteiger charge is -2.40. The minimum Gasteiger partial charge on any atom is -0.463 e. The number of carbonyl (C=O) groups excluding carboxylic acids is 1. The summed E-state index contributed by atoms with van der Waals surface area (Å²) in [6, 6.07) is 0. The Kier molecular flexibility index (Phi) is 11.2. The Morgan fingerprint density at radius 1 is 1.00 bits per heavy atom. The van der Waals surface area contributed by atoms with Crippen molar-refractivity contribution in [3.63, 3.8) is 0 Å². The third kappa shape index (κ3) is 7.43. The fraction of sp³-hybridized carbons (Fsp3) is 0.941. The maximum Gasteiger partial charge on any atom is 0.305 e. The van der Waals surface area contributed by atoms with Gasteiger partial charge in [-0.05, 0) is 6.42 Å². The summed E-state index contributed by atoms with van der Waals surface area (Å²) in [6.07, 6.45) is -2.88. The highest BCUT2D eigenvalue weighted by molar-refractivity contribution is 5.69. The van der Waals surface area contributed by atoms with Crippen LogP contribution in [0.5, 0.6) is 0 Å². The van der Waals surface area contributed by atoms with E-state index in [1.165, 1.54) is 0 Å². The second-order valence-electron chi connectivity index (χ2n) is 6.49. The summed E-state index contributed by atoms with van der Waals surface area (Å²) in [6.45, 7) is 0.774. The molecule has 0 aliphatic carbocycles. The molecule has 0 saturated carbocycles. The molecule has 0 aromatic rings. The zero-order chi connectivity index (χ0) is 19.5. The van der Waals surface area contributed by atoms with Crippen LogP contribution < -0.4 is 0 Å². The van der Waals surface area contributed by atoms with Crippen molar-refractivity contribution in [1.29, 1.82) is 0 Å². The molecule has 0 unspecified atom stereocenters. The van der Waals surface area contributed by atoms with E-state index in [9.17, 15) is 20.1 Å². The fourth-order valence-electron chi connectivity index (χ4n) is 2.62. The molecular formula is C17H32O9. The molecule has 1 heterocycles. The Bertz CT molecular complexity index is 388. The lowest BCUT2D eigenvalue weighted by atomic mass is 9.99. The van der Waals surface area contributed by atoms with Gasteiger partial charge in [-0.2, -0.15) is 0 Å². The zero-order valence-electron chi connectivity index (χ0n) is 15.2. The van der Waals surface area contributed by atoms with Crippen LogP contribution in [0.15, 0.2) is 0 Å². The highest BCUT2D eigenvalue weighted by Crippen LogP contribution is 2.23. The Morgan fingerprint density at radius 2 is 1.65 bits per heavy atom. The lowest BCUT2D eigenvalue weighted by molar-refractivity contribution is -0.315. The van der Waals surface area contributed by atoms with Crippen LogP contribution in [0, 0.1) is 0 Å². The minimum atomic E-state index is -1.58. The fourth-order valence-corrected chi connectivity index (χ4v) is 2.62. The van der Waals surface area contributed by atoms with Crippen molar-refractivity contribution in [2.24, 2.45) is 0 Å². The van der Waals surface area contributed by atoms with Crippen LogP contribution >= 0.6 is 0 Å². The molecule has 1 rings (SSSR count). The maximum atomic E-state index is 11.8. The monoisotopic (exact) mass is 380 g/mol. The number of ether oxygens (including phenoxy) is 3. The van der Waals surface area contributed by atoms with Gasteiger partial charge in [-0.25, -0.2) is 0 Å². The van der Waals surface area contributed by atoms with Gasteiger partial charge in [-0.1, -0.05) is 32.6 Å². The van der Waals surface area contributed by atoms with Crippen LogP contribution in [0.2, 0.25) is 0 Å². The van der Waals surface area contributed by atoms with Gasteiger partial charge < -0.3 is 39.7 Å². The molecule has 0 amide bonds. The van der Waals surface area contributed by atoms with Crippen molar-refractivity contribution in [2.45, 2.75) is 82.3 Å². The minimum absolute atomic E-state index is 0.259. The molecular weight excluding hydrogens is 348 g/mol.